The summed E-state index contributed by atoms with van der Waals surface area (Å²) in [5, 5.41) is 4.11. The van der Waals surface area contributed by atoms with Gasteiger partial charge in [0.15, 0.2) is 0 Å². The molecule has 0 saturated carbocycles. The van der Waals surface area contributed by atoms with Gasteiger partial charge in [-0.25, -0.2) is 8.42 Å². The Morgan fingerprint density at radius 3 is 2.50 bits per heavy atom. The minimum absolute atomic E-state index is 0.0413. The monoisotopic (exact) mass is 376 g/mol. The van der Waals surface area contributed by atoms with E-state index in [4.69, 9.17) is 0 Å². The highest BCUT2D eigenvalue weighted by Crippen LogP contribution is 2.20. The number of nitrogens with one attached hydrogen (secondary N) is 1. The highest BCUT2D eigenvalue weighted by molar-refractivity contribution is 7.91. The van der Waals surface area contributed by atoms with Gasteiger partial charge < -0.3 is 10.1 Å². The summed E-state index contributed by atoms with van der Waals surface area (Å²) in [6.45, 7) is -3.31. The molecule has 1 amide bonds. The number of ether oxygens (including phenoxy) is 1. The molecule has 0 aliphatic heterocycles. The maximum absolute atomic E-state index is 12.2. The van der Waals surface area contributed by atoms with Crippen LogP contribution in [0.25, 0.3) is 0 Å². The van der Waals surface area contributed by atoms with E-state index in [1.165, 1.54) is 37.4 Å². The predicted octanol–water partition coefficient (Wildman–Crippen LogP) is 2.61. The highest BCUT2D eigenvalue weighted by atomic mass is 32.2. The van der Waals surface area contributed by atoms with Crippen LogP contribution in [0, 0.1) is 0 Å². The van der Waals surface area contributed by atoms with E-state index in [2.05, 4.69) is 10.1 Å². The van der Waals surface area contributed by atoms with Crippen LogP contribution in [0.1, 0.15) is 0 Å². The zero-order chi connectivity index (χ0) is 17.7. The first-order chi connectivity index (χ1) is 11.3. The van der Waals surface area contributed by atoms with Crippen molar-refractivity contribution in [1.82, 2.24) is 4.31 Å². The van der Waals surface area contributed by atoms with Crippen molar-refractivity contribution in [3.05, 3.63) is 41.8 Å². The number of nitrogens with zero attached hydrogens (tertiary/aromatic N) is 1. The topological polar surface area (TPSA) is 75.7 Å². The lowest BCUT2D eigenvalue weighted by Gasteiger charge is -2.15. The fraction of sp³-hybridized carbons (Fsp3) is 0.214. The van der Waals surface area contributed by atoms with Gasteiger partial charge in [0, 0.05) is 12.7 Å². The second kappa shape index (κ2) is 7.69. The molecule has 1 heterocycles. The summed E-state index contributed by atoms with van der Waals surface area (Å²) in [5.41, 5.74) is 0.337. The van der Waals surface area contributed by atoms with Gasteiger partial charge in [0.1, 0.15) is 9.96 Å². The lowest BCUT2D eigenvalue weighted by atomic mass is 10.3. The Labute approximate surface area is 141 Å². The Bertz CT molecular complexity index is 778. The minimum Gasteiger partial charge on any atom is -0.435 e. The molecule has 0 unspecified atom stereocenters. The number of carbonyl (C=O) groups is 1. The Kier molecular flexibility index (Phi) is 5.86. The molecule has 6 nitrogen and oxygen atoms in total. The molecular weight excluding hydrogens is 362 g/mol. The van der Waals surface area contributed by atoms with Crippen molar-refractivity contribution in [3.8, 4) is 5.75 Å². The van der Waals surface area contributed by atoms with E-state index < -0.39 is 22.5 Å². The molecule has 0 fully saturated rings. The summed E-state index contributed by atoms with van der Waals surface area (Å²) in [5.74, 6) is -0.597. The number of alkyl halides is 2. The molecule has 1 aromatic carbocycles. The third-order valence-electron chi connectivity index (χ3n) is 2.89. The zero-order valence-corrected chi connectivity index (χ0v) is 14.1. The maximum atomic E-state index is 12.2. The molecular formula is C14H14F2N2O4S2. The first-order valence-electron chi connectivity index (χ1n) is 6.63. The van der Waals surface area contributed by atoms with Crippen molar-refractivity contribution in [2.24, 2.45) is 0 Å². The van der Waals surface area contributed by atoms with Gasteiger partial charge in [-0.15, -0.1) is 11.3 Å². The van der Waals surface area contributed by atoms with Crippen LogP contribution in [0.15, 0.2) is 46.0 Å². The van der Waals surface area contributed by atoms with Gasteiger partial charge in [-0.3, -0.25) is 4.79 Å². The molecule has 2 rings (SSSR count). The second-order valence-corrected chi connectivity index (χ2v) is 7.86. The normalized spacial score (nSPS) is 11.7. The Morgan fingerprint density at radius 1 is 1.29 bits per heavy atom. The molecule has 0 bridgehead atoms. The molecule has 130 valence electrons. The van der Waals surface area contributed by atoms with E-state index in [1.807, 2.05) is 0 Å². The van der Waals surface area contributed by atoms with Gasteiger partial charge >= 0.3 is 6.61 Å². The van der Waals surface area contributed by atoms with E-state index in [1.54, 1.807) is 11.4 Å². The maximum Gasteiger partial charge on any atom is 0.387 e. The van der Waals surface area contributed by atoms with Gasteiger partial charge in [-0.1, -0.05) is 6.07 Å². The Hall–Kier alpha value is -2.04. The van der Waals surface area contributed by atoms with Crippen LogP contribution in [0.4, 0.5) is 14.5 Å². The smallest absolute Gasteiger partial charge is 0.387 e. The van der Waals surface area contributed by atoms with Crippen LogP contribution in [-0.4, -0.2) is 38.8 Å². The molecule has 0 aliphatic rings. The molecule has 0 radical (unpaired) electrons. The molecule has 24 heavy (non-hydrogen) atoms. The van der Waals surface area contributed by atoms with Crippen LogP contribution in [0.5, 0.6) is 5.75 Å². The zero-order valence-electron chi connectivity index (χ0n) is 12.5. The van der Waals surface area contributed by atoms with E-state index in [-0.39, 0.29) is 16.5 Å². The fourth-order valence-corrected chi connectivity index (χ4v) is 4.10. The van der Waals surface area contributed by atoms with E-state index in [0.717, 1.165) is 15.6 Å². The fourth-order valence-electron chi connectivity index (χ4n) is 1.77. The lowest BCUT2D eigenvalue weighted by molar-refractivity contribution is -0.116. The number of carbonyl (C=O) groups excluding carboxylic acids is 1. The first-order valence-corrected chi connectivity index (χ1v) is 8.95. The quantitative estimate of drug-likeness (QED) is 0.806. The van der Waals surface area contributed by atoms with Gasteiger partial charge in [0.2, 0.25) is 5.91 Å². The third-order valence-corrected chi connectivity index (χ3v) is 6.07. The van der Waals surface area contributed by atoms with E-state index >= 15 is 0 Å². The van der Waals surface area contributed by atoms with Crippen LogP contribution in [0.3, 0.4) is 0 Å². The summed E-state index contributed by atoms with van der Waals surface area (Å²) >= 11 is 1.06. The first kappa shape index (κ1) is 18.3. The number of halogens is 2. The number of amides is 1. The van der Waals surface area contributed by atoms with Crippen LogP contribution < -0.4 is 10.1 Å². The van der Waals surface area contributed by atoms with E-state index in [9.17, 15) is 22.0 Å². The second-order valence-electron chi connectivity index (χ2n) is 4.64. The molecule has 10 heteroatoms. The number of benzene rings is 1. The number of thiophene rings is 1. The van der Waals surface area contributed by atoms with Crippen molar-refractivity contribution in [2.75, 3.05) is 18.9 Å². The highest BCUT2D eigenvalue weighted by Gasteiger charge is 2.23. The molecule has 1 aromatic heterocycles. The molecule has 0 aliphatic carbocycles. The predicted molar refractivity (Wildman–Crippen MR) is 85.8 cm³/mol. The number of rotatable bonds is 7. The Morgan fingerprint density at radius 2 is 1.96 bits per heavy atom. The Balaban J connectivity index is 1.95. The van der Waals surface area contributed by atoms with Crippen molar-refractivity contribution in [1.29, 1.82) is 0 Å². The number of anilines is 1. The molecule has 0 spiro atoms. The molecule has 0 saturated heterocycles. The van der Waals surface area contributed by atoms with Gasteiger partial charge in [-0.2, -0.15) is 13.1 Å². The number of hydrogen-bond acceptors (Lipinski definition) is 5. The van der Waals surface area contributed by atoms with Crippen molar-refractivity contribution in [2.45, 2.75) is 10.8 Å². The van der Waals surface area contributed by atoms with Crippen LogP contribution in [-0.2, 0) is 14.8 Å². The average Bonchev–Trinajstić information content (AvgIpc) is 3.03. The van der Waals surface area contributed by atoms with Gasteiger partial charge in [-0.05, 0) is 35.7 Å². The standard InChI is InChI=1S/C14H14F2N2O4S2/c1-18(24(20,21)13-3-2-8-23-13)9-12(19)17-10-4-6-11(7-5-10)22-14(15)16/h2-8,14H,9H2,1H3,(H,17,19). The van der Waals surface area contributed by atoms with Gasteiger partial charge in [0.25, 0.3) is 10.0 Å². The minimum atomic E-state index is -3.72. The van der Waals surface area contributed by atoms with Crippen molar-refractivity contribution in [3.63, 3.8) is 0 Å². The summed E-state index contributed by atoms with van der Waals surface area (Å²) < 4.78 is 53.8. The van der Waals surface area contributed by atoms with Crippen LogP contribution in [0.2, 0.25) is 0 Å². The molecule has 2 aromatic rings. The number of hydrogen-bond donors (Lipinski definition) is 1. The third kappa shape index (κ3) is 4.73. The summed E-state index contributed by atoms with van der Waals surface area (Å²) in [4.78, 5) is 11.9. The lowest BCUT2D eigenvalue weighted by Crippen LogP contribution is -2.34. The summed E-state index contributed by atoms with van der Waals surface area (Å²) in [6, 6.07) is 8.36. The van der Waals surface area contributed by atoms with Crippen molar-refractivity contribution >= 4 is 33.0 Å². The molecule has 1 N–H and O–H groups in total. The van der Waals surface area contributed by atoms with E-state index in [0.29, 0.717) is 5.69 Å². The van der Waals surface area contributed by atoms with Gasteiger partial charge in [0.05, 0.1) is 6.54 Å². The largest absolute Gasteiger partial charge is 0.435 e. The summed E-state index contributed by atoms with van der Waals surface area (Å²) in [6.07, 6.45) is 0. The number of likely N-dealkylation sites (N-methyl/N-ethyl adjacent to an activating group) is 1. The average molecular weight is 376 g/mol. The van der Waals surface area contributed by atoms with Crippen molar-refractivity contribution < 1.29 is 26.7 Å². The van der Waals surface area contributed by atoms with Crippen LogP contribution >= 0.6 is 11.3 Å². The summed E-state index contributed by atoms with van der Waals surface area (Å²) in [7, 11) is -2.42. The number of sulfonamides is 1. The SMILES string of the molecule is CN(CC(=O)Nc1ccc(OC(F)F)cc1)S(=O)(=O)c1cccs1. The molecule has 0 atom stereocenters.